The third kappa shape index (κ3) is 3.52. The van der Waals surface area contributed by atoms with E-state index < -0.39 is 32.4 Å². The molecule has 1 fully saturated rings. The van der Waals surface area contributed by atoms with Crippen molar-refractivity contribution in [2.75, 3.05) is 26.2 Å². The maximum atomic E-state index is 14.0. The van der Waals surface area contributed by atoms with E-state index in [2.05, 4.69) is 4.98 Å². The van der Waals surface area contributed by atoms with Gasteiger partial charge in [-0.2, -0.15) is 4.31 Å². The summed E-state index contributed by atoms with van der Waals surface area (Å²) in [6.45, 7) is -0.115. The summed E-state index contributed by atoms with van der Waals surface area (Å²) in [5.74, 6) is -5.41. The molecule has 0 atom stereocenters. The number of sulfonamides is 1. The molecule has 1 aliphatic heterocycles. The molecule has 0 spiro atoms. The van der Waals surface area contributed by atoms with Crippen LogP contribution in [0.25, 0.3) is 10.9 Å². The summed E-state index contributed by atoms with van der Waals surface area (Å²) >= 11 is 0. The normalized spacial score (nSPS) is 15.5. The van der Waals surface area contributed by atoms with Crippen molar-refractivity contribution in [3.05, 3.63) is 71.7 Å². The summed E-state index contributed by atoms with van der Waals surface area (Å²) < 4.78 is 66.8. The van der Waals surface area contributed by atoms with Crippen LogP contribution < -0.4 is 0 Å². The highest BCUT2D eigenvalue weighted by molar-refractivity contribution is 7.89. The van der Waals surface area contributed by atoms with Crippen molar-refractivity contribution in [1.82, 2.24) is 14.2 Å². The molecule has 30 heavy (non-hydrogen) atoms. The van der Waals surface area contributed by atoms with Gasteiger partial charge >= 0.3 is 0 Å². The van der Waals surface area contributed by atoms with Crippen molar-refractivity contribution in [3.63, 3.8) is 0 Å². The van der Waals surface area contributed by atoms with Gasteiger partial charge in [-0.1, -0.05) is 24.3 Å². The number of pyridine rings is 1. The predicted octanol–water partition coefficient (Wildman–Crippen LogP) is 2.80. The monoisotopic (exact) mass is 435 g/mol. The maximum Gasteiger partial charge on any atom is 0.272 e. The van der Waals surface area contributed by atoms with Crippen LogP contribution in [0.2, 0.25) is 0 Å². The SMILES string of the molecule is O=C(c1ccc2ccccc2n1)N1CCN(S(=O)(=O)c2ccc(F)c(F)c2F)CC1. The Balaban J connectivity index is 1.50. The number of para-hydroxylation sites is 1. The molecule has 1 aromatic heterocycles. The van der Waals surface area contributed by atoms with Gasteiger partial charge in [0.25, 0.3) is 5.91 Å². The van der Waals surface area contributed by atoms with Gasteiger partial charge in [0.2, 0.25) is 10.0 Å². The Morgan fingerprint density at radius 3 is 2.30 bits per heavy atom. The minimum atomic E-state index is -4.38. The standard InChI is InChI=1S/C20H16F3N3O3S/c21-14-6-8-17(19(23)18(14)22)30(28,29)26-11-9-25(10-12-26)20(27)16-7-5-13-3-1-2-4-15(13)24-16/h1-8H,9-12H2. The first-order valence-corrected chi connectivity index (χ1v) is 10.5. The fourth-order valence-corrected chi connectivity index (χ4v) is 4.80. The largest absolute Gasteiger partial charge is 0.335 e. The van der Waals surface area contributed by atoms with E-state index in [1.54, 1.807) is 18.2 Å². The first-order valence-electron chi connectivity index (χ1n) is 9.08. The van der Waals surface area contributed by atoms with Crippen LogP contribution in [-0.4, -0.2) is 54.7 Å². The quantitative estimate of drug-likeness (QED) is 0.594. The number of hydrogen-bond donors (Lipinski definition) is 0. The van der Waals surface area contributed by atoms with Gasteiger partial charge in [-0.15, -0.1) is 0 Å². The highest BCUT2D eigenvalue weighted by atomic mass is 32.2. The number of hydrogen-bond acceptors (Lipinski definition) is 4. The molecule has 1 saturated heterocycles. The van der Waals surface area contributed by atoms with Crippen molar-refractivity contribution in [3.8, 4) is 0 Å². The Labute approximate surface area is 170 Å². The van der Waals surface area contributed by atoms with Crippen LogP contribution in [0.15, 0.2) is 53.4 Å². The lowest BCUT2D eigenvalue weighted by Gasteiger charge is -2.33. The molecule has 10 heteroatoms. The smallest absolute Gasteiger partial charge is 0.272 e. The highest BCUT2D eigenvalue weighted by Crippen LogP contribution is 2.24. The zero-order valence-electron chi connectivity index (χ0n) is 15.6. The zero-order chi connectivity index (χ0) is 21.5. The second-order valence-electron chi connectivity index (χ2n) is 6.76. The van der Waals surface area contributed by atoms with Crippen molar-refractivity contribution in [2.45, 2.75) is 4.90 Å². The third-order valence-corrected chi connectivity index (χ3v) is 6.88. The van der Waals surface area contributed by atoms with Crippen molar-refractivity contribution in [1.29, 1.82) is 0 Å². The van der Waals surface area contributed by atoms with Crippen molar-refractivity contribution < 1.29 is 26.4 Å². The number of nitrogens with zero attached hydrogens (tertiary/aromatic N) is 3. The maximum absolute atomic E-state index is 14.0. The molecular weight excluding hydrogens is 419 g/mol. The molecule has 2 aromatic carbocycles. The summed E-state index contributed by atoms with van der Waals surface area (Å²) in [7, 11) is -4.38. The van der Waals surface area contributed by atoms with E-state index in [4.69, 9.17) is 0 Å². The first kappa shape index (κ1) is 20.3. The van der Waals surface area contributed by atoms with E-state index in [1.807, 2.05) is 18.2 Å². The van der Waals surface area contributed by atoms with Gasteiger partial charge in [-0.25, -0.2) is 26.6 Å². The predicted molar refractivity (Wildman–Crippen MR) is 103 cm³/mol. The Hall–Kier alpha value is -2.98. The fraction of sp³-hybridized carbons (Fsp3) is 0.200. The van der Waals surface area contributed by atoms with Crippen LogP contribution in [-0.2, 0) is 10.0 Å². The van der Waals surface area contributed by atoms with E-state index in [0.29, 0.717) is 17.6 Å². The minimum absolute atomic E-state index is 0.0534. The molecule has 1 amide bonds. The van der Waals surface area contributed by atoms with Crippen molar-refractivity contribution in [2.24, 2.45) is 0 Å². The van der Waals surface area contributed by atoms with Gasteiger partial charge in [0, 0.05) is 31.6 Å². The molecule has 2 heterocycles. The summed E-state index contributed by atoms with van der Waals surface area (Å²) in [5.41, 5.74) is 0.898. The molecule has 1 aliphatic rings. The number of benzene rings is 2. The van der Waals surface area contributed by atoms with Gasteiger partial charge in [0.1, 0.15) is 10.6 Å². The zero-order valence-corrected chi connectivity index (χ0v) is 16.4. The number of carbonyl (C=O) groups is 1. The van der Waals surface area contributed by atoms with E-state index >= 15 is 0 Å². The van der Waals surface area contributed by atoms with Crippen LogP contribution in [0.4, 0.5) is 13.2 Å². The van der Waals surface area contributed by atoms with Gasteiger partial charge in [-0.05, 0) is 24.3 Å². The molecule has 4 rings (SSSR count). The number of fused-ring (bicyclic) bond motifs is 1. The van der Waals surface area contributed by atoms with Crippen molar-refractivity contribution >= 4 is 26.8 Å². The molecule has 0 aliphatic carbocycles. The summed E-state index contributed by atoms with van der Waals surface area (Å²) in [6.07, 6.45) is 0. The van der Waals surface area contributed by atoms with Gasteiger partial charge in [0.15, 0.2) is 17.5 Å². The number of rotatable bonds is 3. The minimum Gasteiger partial charge on any atom is -0.335 e. The second-order valence-corrected chi connectivity index (χ2v) is 8.67. The lowest BCUT2D eigenvalue weighted by atomic mass is 10.2. The van der Waals surface area contributed by atoms with E-state index in [0.717, 1.165) is 9.69 Å². The average Bonchev–Trinajstić information content (AvgIpc) is 2.76. The molecular formula is C20H16F3N3O3S. The van der Waals surface area contributed by atoms with Crippen LogP contribution in [0, 0.1) is 17.5 Å². The Kier molecular flexibility index (Phi) is 5.20. The fourth-order valence-electron chi connectivity index (χ4n) is 3.33. The third-order valence-electron chi connectivity index (χ3n) is 4.96. The first-order chi connectivity index (χ1) is 14.3. The topological polar surface area (TPSA) is 70.6 Å². The Morgan fingerprint density at radius 1 is 0.867 bits per heavy atom. The van der Waals surface area contributed by atoms with E-state index in [-0.39, 0.29) is 37.8 Å². The molecule has 156 valence electrons. The molecule has 6 nitrogen and oxygen atoms in total. The Morgan fingerprint density at radius 2 is 1.57 bits per heavy atom. The number of amides is 1. The summed E-state index contributed by atoms with van der Waals surface area (Å²) in [5, 5.41) is 0.888. The lowest BCUT2D eigenvalue weighted by Crippen LogP contribution is -2.50. The van der Waals surface area contributed by atoms with Gasteiger partial charge in [0.05, 0.1) is 5.52 Å². The summed E-state index contributed by atoms with van der Waals surface area (Å²) in [4.78, 5) is 17.6. The molecule has 0 N–H and O–H groups in total. The molecule has 0 radical (unpaired) electrons. The van der Waals surface area contributed by atoms with Crippen LogP contribution >= 0.6 is 0 Å². The van der Waals surface area contributed by atoms with E-state index in [1.165, 1.54) is 4.90 Å². The second kappa shape index (κ2) is 7.69. The summed E-state index contributed by atoms with van der Waals surface area (Å²) in [6, 6.07) is 12.0. The van der Waals surface area contributed by atoms with Crippen LogP contribution in [0.5, 0.6) is 0 Å². The molecule has 3 aromatic rings. The number of piperazine rings is 1. The number of halogens is 3. The number of aromatic nitrogens is 1. The van der Waals surface area contributed by atoms with E-state index in [9.17, 15) is 26.4 Å². The van der Waals surface area contributed by atoms with Gasteiger partial charge in [-0.3, -0.25) is 4.79 Å². The Bertz CT molecular complexity index is 1240. The molecule has 0 saturated carbocycles. The highest BCUT2D eigenvalue weighted by Gasteiger charge is 2.34. The lowest BCUT2D eigenvalue weighted by molar-refractivity contribution is 0.0692. The van der Waals surface area contributed by atoms with Crippen LogP contribution in [0.1, 0.15) is 10.5 Å². The number of carbonyl (C=O) groups excluding carboxylic acids is 1. The average molecular weight is 435 g/mol. The molecule has 0 bridgehead atoms. The van der Waals surface area contributed by atoms with Gasteiger partial charge < -0.3 is 4.90 Å². The van der Waals surface area contributed by atoms with Crippen LogP contribution in [0.3, 0.4) is 0 Å². The molecule has 0 unspecified atom stereocenters.